The standard InChI is InChI=1S/C30H37N3O3.C7H7Cl.C2H6/c1-3-18-32(4-2)22-24-11-5-7-13-26(24)33-19-15-23(16-20-33)10-9-17-31-30(35)29-21-27(34)25-12-6-8-14-28(25)36-29;1-6-2-4-7(8)5-3-6;1-2/h5-8,10-14,21H,3-4,9,15-20,22H2,1-2H3,(H,31,35);2-5H,1H3;1-2H3. The van der Waals surface area contributed by atoms with Crippen molar-refractivity contribution in [1.29, 1.82) is 0 Å². The molecule has 46 heavy (non-hydrogen) atoms. The Balaban J connectivity index is 0.000000496. The molecule has 0 radical (unpaired) electrons. The normalized spacial score (nSPS) is 12.6. The Morgan fingerprint density at radius 3 is 2.33 bits per heavy atom. The highest BCUT2D eigenvalue weighted by Crippen LogP contribution is 2.27. The number of hydrogen-bond donors (Lipinski definition) is 1. The molecule has 3 aromatic carbocycles. The van der Waals surface area contributed by atoms with E-state index in [1.165, 1.54) is 34.9 Å². The zero-order chi connectivity index (χ0) is 33.3. The van der Waals surface area contributed by atoms with Crippen molar-refractivity contribution in [3.8, 4) is 0 Å². The summed E-state index contributed by atoms with van der Waals surface area (Å²) in [6.45, 7) is 16.2. The molecular formula is C39H50ClN3O3. The van der Waals surface area contributed by atoms with Crippen LogP contribution in [0.1, 0.15) is 75.1 Å². The average Bonchev–Trinajstić information content (AvgIpc) is 3.09. The van der Waals surface area contributed by atoms with Gasteiger partial charge < -0.3 is 14.6 Å². The lowest BCUT2D eigenvalue weighted by atomic mass is 10.0. The van der Waals surface area contributed by atoms with Crippen LogP contribution in [0, 0.1) is 6.92 Å². The first-order valence-corrected chi connectivity index (χ1v) is 17.0. The number of fused-ring (bicyclic) bond motifs is 1. The van der Waals surface area contributed by atoms with Gasteiger partial charge in [0.15, 0.2) is 11.2 Å². The maximum Gasteiger partial charge on any atom is 0.287 e. The summed E-state index contributed by atoms with van der Waals surface area (Å²) in [6, 6.07) is 24.8. The lowest BCUT2D eigenvalue weighted by molar-refractivity contribution is 0.0927. The van der Waals surface area contributed by atoms with Gasteiger partial charge in [-0.1, -0.05) is 99.0 Å². The molecule has 1 aliphatic rings. The smallest absolute Gasteiger partial charge is 0.287 e. The van der Waals surface area contributed by atoms with Crippen LogP contribution in [0.2, 0.25) is 5.02 Å². The Morgan fingerprint density at radius 2 is 1.65 bits per heavy atom. The number of anilines is 1. The number of hydrogen-bond acceptors (Lipinski definition) is 5. The van der Waals surface area contributed by atoms with Gasteiger partial charge in [-0.3, -0.25) is 14.5 Å². The summed E-state index contributed by atoms with van der Waals surface area (Å²) in [7, 11) is 0. The summed E-state index contributed by atoms with van der Waals surface area (Å²) in [5, 5.41) is 4.16. The van der Waals surface area contributed by atoms with E-state index in [0.29, 0.717) is 17.5 Å². The summed E-state index contributed by atoms with van der Waals surface area (Å²) in [4.78, 5) is 29.7. The number of carbonyl (C=O) groups is 1. The van der Waals surface area contributed by atoms with Gasteiger partial charge in [0.25, 0.3) is 5.91 Å². The molecule has 5 rings (SSSR count). The summed E-state index contributed by atoms with van der Waals surface area (Å²) in [6.07, 6.45) is 6.26. The van der Waals surface area contributed by atoms with Crippen LogP contribution in [0.5, 0.6) is 0 Å². The third-order valence-corrected chi connectivity index (χ3v) is 8.10. The zero-order valence-electron chi connectivity index (χ0n) is 28.2. The Labute approximate surface area is 280 Å². The summed E-state index contributed by atoms with van der Waals surface area (Å²) in [5.41, 5.74) is 5.67. The largest absolute Gasteiger partial charge is 0.451 e. The van der Waals surface area contributed by atoms with Crippen LogP contribution in [-0.4, -0.2) is 43.5 Å². The van der Waals surface area contributed by atoms with Crippen molar-refractivity contribution in [3.63, 3.8) is 0 Å². The Hall–Kier alpha value is -3.87. The summed E-state index contributed by atoms with van der Waals surface area (Å²) < 4.78 is 5.62. The lowest BCUT2D eigenvalue weighted by Gasteiger charge is -2.33. The summed E-state index contributed by atoms with van der Waals surface area (Å²) >= 11 is 5.61. The van der Waals surface area contributed by atoms with E-state index >= 15 is 0 Å². The fourth-order valence-corrected chi connectivity index (χ4v) is 5.52. The number of carbonyl (C=O) groups excluding carboxylic acids is 1. The molecule has 4 aromatic rings. The van der Waals surface area contributed by atoms with E-state index in [1.807, 2.05) is 45.0 Å². The molecule has 1 aliphatic heterocycles. The van der Waals surface area contributed by atoms with Gasteiger partial charge in [-0.25, -0.2) is 0 Å². The van der Waals surface area contributed by atoms with Crippen LogP contribution in [-0.2, 0) is 6.54 Å². The first kappa shape index (κ1) is 36.6. The average molecular weight is 644 g/mol. The van der Waals surface area contributed by atoms with Crippen LogP contribution in [0.25, 0.3) is 11.0 Å². The number of nitrogens with zero attached hydrogens (tertiary/aromatic N) is 2. The molecule has 6 nitrogen and oxygen atoms in total. The molecule has 0 bridgehead atoms. The third-order valence-electron chi connectivity index (χ3n) is 7.85. The van der Waals surface area contributed by atoms with Crippen molar-refractivity contribution in [3.05, 3.63) is 123 Å². The second kappa shape index (κ2) is 19.6. The first-order chi connectivity index (χ1) is 22.4. The SMILES string of the molecule is CC.CCCN(CC)Cc1ccccc1N1CCC(=CCCNC(=O)c2cc(=O)c3ccccc3o2)CC1.Cc1ccc(Cl)cc1. The molecule has 246 valence electrons. The van der Waals surface area contributed by atoms with Gasteiger partial charge in [0.1, 0.15) is 5.58 Å². The highest BCUT2D eigenvalue weighted by atomic mass is 35.5. The monoisotopic (exact) mass is 643 g/mol. The molecule has 0 atom stereocenters. The minimum atomic E-state index is -0.355. The van der Waals surface area contributed by atoms with E-state index in [-0.39, 0.29) is 17.1 Å². The molecule has 1 aromatic heterocycles. The number of rotatable bonds is 10. The quantitative estimate of drug-likeness (QED) is 0.138. The fourth-order valence-electron chi connectivity index (χ4n) is 5.40. The highest BCUT2D eigenvalue weighted by Gasteiger charge is 2.18. The predicted molar refractivity (Wildman–Crippen MR) is 194 cm³/mol. The molecule has 0 saturated carbocycles. The minimum absolute atomic E-state index is 0.0545. The highest BCUT2D eigenvalue weighted by molar-refractivity contribution is 6.30. The molecule has 1 N–H and O–H groups in total. The van der Waals surface area contributed by atoms with Gasteiger partial charge in [0.2, 0.25) is 0 Å². The van der Waals surface area contributed by atoms with E-state index in [4.69, 9.17) is 16.0 Å². The van der Waals surface area contributed by atoms with Crippen LogP contribution < -0.4 is 15.6 Å². The maximum absolute atomic E-state index is 12.5. The molecule has 2 heterocycles. The van der Waals surface area contributed by atoms with Crippen molar-refractivity contribution in [2.45, 2.75) is 66.8 Å². The van der Waals surface area contributed by atoms with Gasteiger partial charge in [-0.15, -0.1) is 0 Å². The second-order valence-corrected chi connectivity index (χ2v) is 11.6. The van der Waals surface area contributed by atoms with Gasteiger partial charge in [0, 0.05) is 43.0 Å². The number of para-hydroxylation sites is 2. The van der Waals surface area contributed by atoms with E-state index < -0.39 is 0 Å². The molecule has 0 spiro atoms. The fraction of sp³-hybridized carbons (Fsp3) is 0.385. The molecule has 1 amide bonds. The topological polar surface area (TPSA) is 65.8 Å². The van der Waals surface area contributed by atoms with Crippen molar-refractivity contribution >= 4 is 34.2 Å². The molecular weight excluding hydrogens is 594 g/mol. The number of halogens is 1. The van der Waals surface area contributed by atoms with E-state index in [2.05, 4.69) is 59.3 Å². The van der Waals surface area contributed by atoms with E-state index in [0.717, 1.165) is 57.0 Å². The predicted octanol–water partition coefficient (Wildman–Crippen LogP) is 9.05. The first-order valence-electron chi connectivity index (χ1n) is 16.6. The van der Waals surface area contributed by atoms with E-state index in [1.54, 1.807) is 24.3 Å². The van der Waals surface area contributed by atoms with Crippen LogP contribution in [0.4, 0.5) is 5.69 Å². The second-order valence-electron chi connectivity index (χ2n) is 11.2. The molecule has 0 aliphatic carbocycles. The third kappa shape index (κ3) is 11.2. The molecule has 0 unspecified atom stereocenters. The Bertz CT molecular complexity index is 1570. The Kier molecular flexibility index (Phi) is 15.6. The van der Waals surface area contributed by atoms with Gasteiger partial charge in [0.05, 0.1) is 5.39 Å². The number of piperidine rings is 1. The molecule has 1 saturated heterocycles. The number of aryl methyl sites for hydroxylation is 1. The van der Waals surface area contributed by atoms with Gasteiger partial charge in [-0.05, 0) is 81.6 Å². The number of amides is 1. The van der Waals surface area contributed by atoms with Crippen LogP contribution in [0.15, 0.2) is 99.7 Å². The van der Waals surface area contributed by atoms with Crippen molar-refractivity contribution in [1.82, 2.24) is 10.2 Å². The maximum atomic E-state index is 12.5. The Morgan fingerprint density at radius 1 is 0.978 bits per heavy atom. The summed E-state index contributed by atoms with van der Waals surface area (Å²) in [5.74, 6) is -0.300. The number of nitrogens with one attached hydrogen (secondary N) is 1. The van der Waals surface area contributed by atoms with E-state index in [9.17, 15) is 9.59 Å². The van der Waals surface area contributed by atoms with Gasteiger partial charge >= 0.3 is 0 Å². The van der Waals surface area contributed by atoms with Crippen molar-refractivity contribution in [2.75, 3.05) is 37.6 Å². The minimum Gasteiger partial charge on any atom is -0.451 e. The van der Waals surface area contributed by atoms with Crippen LogP contribution >= 0.6 is 11.6 Å². The van der Waals surface area contributed by atoms with Crippen molar-refractivity contribution in [2.24, 2.45) is 0 Å². The van der Waals surface area contributed by atoms with Crippen LogP contribution in [0.3, 0.4) is 0 Å². The van der Waals surface area contributed by atoms with Crippen molar-refractivity contribution < 1.29 is 9.21 Å². The number of benzene rings is 3. The molecule has 1 fully saturated rings. The zero-order valence-corrected chi connectivity index (χ0v) is 28.9. The lowest BCUT2D eigenvalue weighted by Crippen LogP contribution is -2.32. The molecule has 7 heteroatoms. The van der Waals surface area contributed by atoms with Gasteiger partial charge in [-0.2, -0.15) is 0 Å².